The van der Waals surface area contributed by atoms with Crippen LogP contribution in [0.3, 0.4) is 0 Å². The smallest absolute Gasteiger partial charge is 0.227 e. The van der Waals surface area contributed by atoms with Crippen molar-refractivity contribution in [2.45, 2.75) is 6.42 Å². The second kappa shape index (κ2) is 6.12. The molecule has 0 spiro atoms. The Morgan fingerprint density at radius 2 is 1.82 bits per heavy atom. The lowest BCUT2D eigenvalue weighted by molar-refractivity contribution is -0.117. The number of anilines is 1. The van der Waals surface area contributed by atoms with E-state index in [1.807, 2.05) is 24.3 Å². The fourth-order valence-corrected chi connectivity index (χ4v) is 2.72. The molecule has 2 aromatic carbocycles. The molecule has 3 rings (SSSR count). The normalized spacial score (nSPS) is 17.8. The number of ketones is 1. The first-order chi connectivity index (χ1) is 10.7. The molecule has 4 nitrogen and oxygen atoms in total. The van der Waals surface area contributed by atoms with E-state index in [-0.39, 0.29) is 24.2 Å². The minimum Gasteiger partial charge on any atom is -0.396 e. The number of amides is 1. The number of aliphatic hydroxyl groups excluding tert-OH is 1. The molecule has 112 valence electrons. The molecular formula is C18H17NO3. The molecule has 4 heteroatoms. The second-order valence-corrected chi connectivity index (χ2v) is 5.50. The third kappa shape index (κ3) is 2.78. The van der Waals surface area contributed by atoms with Crippen LogP contribution in [-0.2, 0) is 4.79 Å². The molecule has 22 heavy (non-hydrogen) atoms. The summed E-state index contributed by atoms with van der Waals surface area (Å²) in [6.45, 7) is 0.503. The minimum absolute atomic E-state index is 0.00484. The third-order valence-corrected chi connectivity index (χ3v) is 3.92. The highest BCUT2D eigenvalue weighted by molar-refractivity contribution is 6.10. The van der Waals surface area contributed by atoms with Crippen molar-refractivity contribution in [1.82, 2.24) is 0 Å². The van der Waals surface area contributed by atoms with Crippen LogP contribution in [0.1, 0.15) is 22.3 Å². The highest BCUT2D eigenvalue weighted by atomic mass is 16.3. The topological polar surface area (TPSA) is 57.6 Å². The van der Waals surface area contributed by atoms with Gasteiger partial charge in [0.1, 0.15) is 0 Å². The van der Waals surface area contributed by atoms with Gasteiger partial charge in [0.05, 0.1) is 0 Å². The SMILES string of the molecule is O=C(c1ccccc1)c1cccc(N2CC(CO)CC2=O)c1. The maximum Gasteiger partial charge on any atom is 0.227 e. The van der Waals surface area contributed by atoms with Gasteiger partial charge in [-0.2, -0.15) is 0 Å². The summed E-state index contributed by atoms with van der Waals surface area (Å²) < 4.78 is 0. The van der Waals surface area contributed by atoms with E-state index in [9.17, 15) is 14.7 Å². The number of rotatable bonds is 4. The van der Waals surface area contributed by atoms with Gasteiger partial charge in [0.2, 0.25) is 5.91 Å². The first kappa shape index (κ1) is 14.5. The second-order valence-electron chi connectivity index (χ2n) is 5.50. The summed E-state index contributed by atoms with van der Waals surface area (Å²) in [5.41, 5.74) is 1.90. The Morgan fingerprint density at radius 1 is 1.09 bits per heavy atom. The first-order valence-electron chi connectivity index (χ1n) is 7.30. The summed E-state index contributed by atoms with van der Waals surface area (Å²) in [4.78, 5) is 26.1. The van der Waals surface area contributed by atoms with E-state index < -0.39 is 0 Å². The van der Waals surface area contributed by atoms with E-state index in [0.717, 1.165) is 0 Å². The number of carbonyl (C=O) groups excluding carboxylic acids is 2. The summed E-state index contributed by atoms with van der Waals surface area (Å²) >= 11 is 0. The Balaban J connectivity index is 1.87. The van der Waals surface area contributed by atoms with E-state index in [1.54, 1.807) is 35.2 Å². The number of hydrogen-bond donors (Lipinski definition) is 1. The summed E-state index contributed by atoms with van der Waals surface area (Å²) in [6.07, 6.45) is 0.355. The lowest BCUT2D eigenvalue weighted by atomic mass is 10.0. The molecule has 0 aromatic heterocycles. The van der Waals surface area contributed by atoms with Gasteiger partial charge in [-0.25, -0.2) is 0 Å². The van der Waals surface area contributed by atoms with Crippen LogP contribution >= 0.6 is 0 Å². The predicted octanol–water partition coefficient (Wildman–Crippen LogP) is 2.26. The van der Waals surface area contributed by atoms with Crippen LogP contribution in [0.2, 0.25) is 0 Å². The Labute approximate surface area is 129 Å². The van der Waals surface area contributed by atoms with E-state index in [0.29, 0.717) is 29.8 Å². The maximum absolute atomic E-state index is 12.5. The highest BCUT2D eigenvalue weighted by Gasteiger charge is 2.30. The first-order valence-corrected chi connectivity index (χ1v) is 7.30. The van der Waals surface area contributed by atoms with Gasteiger partial charge < -0.3 is 10.0 Å². The van der Waals surface area contributed by atoms with Crippen LogP contribution in [0, 0.1) is 5.92 Å². The monoisotopic (exact) mass is 295 g/mol. The van der Waals surface area contributed by atoms with E-state index in [2.05, 4.69) is 0 Å². The molecule has 1 fully saturated rings. The number of benzene rings is 2. The van der Waals surface area contributed by atoms with Crippen molar-refractivity contribution in [3.63, 3.8) is 0 Å². The van der Waals surface area contributed by atoms with Crippen LogP contribution in [0.5, 0.6) is 0 Å². The zero-order chi connectivity index (χ0) is 15.5. The lowest BCUT2D eigenvalue weighted by Crippen LogP contribution is -2.25. The van der Waals surface area contributed by atoms with Crippen molar-refractivity contribution < 1.29 is 14.7 Å². The molecule has 0 bridgehead atoms. The molecule has 1 amide bonds. The van der Waals surface area contributed by atoms with Gasteiger partial charge in [0.15, 0.2) is 5.78 Å². The molecule has 1 atom stereocenters. The minimum atomic E-state index is -0.0622. The van der Waals surface area contributed by atoms with Gasteiger partial charge in [0, 0.05) is 42.3 Å². The lowest BCUT2D eigenvalue weighted by Gasteiger charge is -2.17. The molecule has 0 saturated carbocycles. The average Bonchev–Trinajstić information content (AvgIpc) is 2.96. The number of aliphatic hydroxyl groups is 1. The Bertz CT molecular complexity index is 696. The molecule has 0 aliphatic carbocycles. The van der Waals surface area contributed by atoms with E-state index in [1.165, 1.54) is 0 Å². The molecular weight excluding hydrogens is 278 g/mol. The molecule has 2 aromatic rings. The van der Waals surface area contributed by atoms with Crippen molar-refractivity contribution in [3.05, 3.63) is 65.7 Å². The van der Waals surface area contributed by atoms with Crippen LogP contribution in [-0.4, -0.2) is 29.9 Å². The Kier molecular flexibility index (Phi) is 4.02. The quantitative estimate of drug-likeness (QED) is 0.880. The van der Waals surface area contributed by atoms with Crippen molar-refractivity contribution in [3.8, 4) is 0 Å². The average molecular weight is 295 g/mol. The number of nitrogens with zero attached hydrogens (tertiary/aromatic N) is 1. The van der Waals surface area contributed by atoms with Crippen LogP contribution in [0.25, 0.3) is 0 Å². The fourth-order valence-electron chi connectivity index (χ4n) is 2.72. The van der Waals surface area contributed by atoms with E-state index >= 15 is 0 Å². The Morgan fingerprint density at radius 3 is 2.50 bits per heavy atom. The summed E-state index contributed by atoms with van der Waals surface area (Å²) in [5.74, 6) is -0.0999. The third-order valence-electron chi connectivity index (χ3n) is 3.92. The number of carbonyl (C=O) groups is 2. The van der Waals surface area contributed by atoms with Gasteiger partial charge in [-0.05, 0) is 12.1 Å². The van der Waals surface area contributed by atoms with Crippen LogP contribution in [0.15, 0.2) is 54.6 Å². The zero-order valence-electron chi connectivity index (χ0n) is 12.1. The summed E-state index contributed by atoms with van der Waals surface area (Å²) in [7, 11) is 0. The molecule has 0 radical (unpaired) electrons. The zero-order valence-corrected chi connectivity index (χ0v) is 12.1. The molecule has 1 N–H and O–H groups in total. The van der Waals surface area contributed by atoms with Crippen molar-refractivity contribution in [2.24, 2.45) is 5.92 Å². The predicted molar refractivity (Wildman–Crippen MR) is 83.9 cm³/mol. The largest absolute Gasteiger partial charge is 0.396 e. The van der Waals surface area contributed by atoms with Gasteiger partial charge in [-0.1, -0.05) is 42.5 Å². The highest BCUT2D eigenvalue weighted by Crippen LogP contribution is 2.26. The molecule has 1 aliphatic heterocycles. The molecule has 1 unspecified atom stereocenters. The van der Waals surface area contributed by atoms with Crippen molar-refractivity contribution >= 4 is 17.4 Å². The molecule has 1 heterocycles. The van der Waals surface area contributed by atoms with Gasteiger partial charge >= 0.3 is 0 Å². The van der Waals surface area contributed by atoms with Crippen molar-refractivity contribution in [1.29, 1.82) is 0 Å². The summed E-state index contributed by atoms with van der Waals surface area (Å²) in [6, 6.07) is 16.2. The van der Waals surface area contributed by atoms with Gasteiger partial charge in [-0.15, -0.1) is 0 Å². The van der Waals surface area contributed by atoms with Crippen molar-refractivity contribution in [2.75, 3.05) is 18.1 Å². The van der Waals surface area contributed by atoms with Gasteiger partial charge in [0.25, 0.3) is 0 Å². The van der Waals surface area contributed by atoms with E-state index in [4.69, 9.17) is 0 Å². The summed E-state index contributed by atoms with van der Waals surface area (Å²) in [5, 5.41) is 9.21. The Hall–Kier alpha value is -2.46. The van der Waals surface area contributed by atoms with Crippen LogP contribution < -0.4 is 4.90 Å². The van der Waals surface area contributed by atoms with Gasteiger partial charge in [-0.3, -0.25) is 9.59 Å². The maximum atomic E-state index is 12.5. The molecule has 1 aliphatic rings. The fraction of sp³-hybridized carbons (Fsp3) is 0.222. The number of hydrogen-bond acceptors (Lipinski definition) is 3. The standard InChI is InChI=1S/C18H17NO3/c20-12-13-9-17(21)19(11-13)16-8-4-7-15(10-16)18(22)14-5-2-1-3-6-14/h1-8,10,13,20H,9,11-12H2. The molecule has 1 saturated heterocycles. The van der Waals surface area contributed by atoms with Crippen LogP contribution in [0.4, 0.5) is 5.69 Å².